The molecular formula is C19H27F2NO3. The third-order valence-electron chi connectivity index (χ3n) is 4.03. The Labute approximate surface area is 147 Å². The Morgan fingerprint density at radius 2 is 1.80 bits per heavy atom. The van der Waals surface area contributed by atoms with E-state index in [0.29, 0.717) is 6.42 Å². The van der Waals surface area contributed by atoms with Gasteiger partial charge in [0, 0.05) is 6.07 Å². The summed E-state index contributed by atoms with van der Waals surface area (Å²) in [5, 5.41) is 2.59. The van der Waals surface area contributed by atoms with Crippen molar-refractivity contribution in [3.05, 3.63) is 35.4 Å². The lowest BCUT2D eigenvalue weighted by Gasteiger charge is -2.16. The summed E-state index contributed by atoms with van der Waals surface area (Å²) in [5.41, 5.74) is 0.0853. The quantitative estimate of drug-likeness (QED) is 0.484. The average Bonchev–Trinajstić information content (AvgIpc) is 2.58. The topological polar surface area (TPSA) is 55.4 Å². The molecular weight excluding hydrogens is 328 g/mol. The van der Waals surface area contributed by atoms with Gasteiger partial charge >= 0.3 is 5.97 Å². The van der Waals surface area contributed by atoms with Crippen molar-refractivity contribution in [3.8, 4) is 0 Å². The summed E-state index contributed by atoms with van der Waals surface area (Å²) in [4.78, 5) is 23.9. The molecule has 0 aliphatic heterocycles. The molecule has 4 nitrogen and oxygen atoms in total. The molecule has 0 radical (unpaired) electrons. The number of carbonyl (C=O) groups is 2. The van der Waals surface area contributed by atoms with Crippen molar-refractivity contribution >= 4 is 11.9 Å². The minimum Gasteiger partial charge on any atom is -0.467 e. The van der Waals surface area contributed by atoms with Crippen LogP contribution >= 0.6 is 0 Å². The van der Waals surface area contributed by atoms with E-state index in [1.54, 1.807) is 0 Å². The highest BCUT2D eigenvalue weighted by Crippen LogP contribution is 2.12. The first kappa shape index (κ1) is 21.1. The van der Waals surface area contributed by atoms with Crippen molar-refractivity contribution < 1.29 is 23.1 Å². The summed E-state index contributed by atoms with van der Waals surface area (Å²) in [7, 11) is 1.27. The van der Waals surface area contributed by atoms with Gasteiger partial charge in [0.2, 0.25) is 5.91 Å². The van der Waals surface area contributed by atoms with Crippen LogP contribution in [0.15, 0.2) is 18.2 Å². The molecule has 1 atom stereocenters. The second-order valence-electron chi connectivity index (χ2n) is 6.11. The molecule has 1 N–H and O–H groups in total. The van der Waals surface area contributed by atoms with E-state index in [4.69, 9.17) is 4.74 Å². The third-order valence-corrected chi connectivity index (χ3v) is 4.03. The van der Waals surface area contributed by atoms with Crippen LogP contribution in [-0.4, -0.2) is 25.0 Å². The fourth-order valence-corrected chi connectivity index (χ4v) is 2.60. The fourth-order valence-electron chi connectivity index (χ4n) is 2.60. The number of halogens is 2. The molecule has 1 aromatic carbocycles. The lowest BCUT2D eigenvalue weighted by Crippen LogP contribution is -2.42. The number of rotatable bonds is 11. The Bertz CT molecular complexity index is 564. The molecule has 0 fully saturated rings. The van der Waals surface area contributed by atoms with Gasteiger partial charge < -0.3 is 10.1 Å². The monoisotopic (exact) mass is 355 g/mol. The van der Waals surface area contributed by atoms with E-state index in [2.05, 4.69) is 12.2 Å². The van der Waals surface area contributed by atoms with E-state index in [0.717, 1.165) is 37.8 Å². The van der Waals surface area contributed by atoms with E-state index in [1.165, 1.54) is 26.0 Å². The summed E-state index contributed by atoms with van der Waals surface area (Å²) >= 11 is 0. The molecule has 1 amide bonds. The lowest BCUT2D eigenvalue weighted by atomic mass is 10.0. The predicted molar refractivity (Wildman–Crippen MR) is 92.0 cm³/mol. The predicted octanol–water partition coefficient (Wildman–Crippen LogP) is 3.92. The molecule has 0 saturated heterocycles. The molecule has 0 heterocycles. The second-order valence-corrected chi connectivity index (χ2v) is 6.11. The number of hydrogen-bond donors (Lipinski definition) is 1. The molecule has 140 valence electrons. The highest BCUT2D eigenvalue weighted by Gasteiger charge is 2.21. The largest absolute Gasteiger partial charge is 0.467 e. The molecule has 6 heteroatoms. The van der Waals surface area contributed by atoms with Crippen molar-refractivity contribution in [2.24, 2.45) is 0 Å². The number of benzene rings is 1. The molecule has 0 bridgehead atoms. The van der Waals surface area contributed by atoms with Gasteiger partial charge in [-0.15, -0.1) is 0 Å². The molecule has 0 aliphatic rings. The van der Waals surface area contributed by atoms with E-state index in [-0.39, 0.29) is 12.0 Å². The van der Waals surface area contributed by atoms with Gasteiger partial charge in [-0.05, 0) is 18.1 Å². The SMILES string of the molecule is CCCCCCCC[C@@H](NC(=O)Cc1ccc(F)cc1F)C(=O)OC. The van der Waals surface area contributed by atoms with E-state index >= 15 is 0 Å². The first-order valence-corrected chi connectivity index (χ1v) is 8.79. The van der Waals surface area contributed by atoms with Crippen LogP contribution in [0.5, 0.6) is 0 Å². The van der Waals surface area contributed by atoms with Gasteiger partial charge in [0.25, 0.3) is 0 Å². The van der Waals surface area contributed by atoms with Crippen LogP contribution in [0.4, 0.5) is 8.78 Å². The van der Waals surface area contributed by atoms with E-state index < -0.39 is 29.6 Å². The number of ether oxygens (including phenoxy) is 1. The highest BCUT2D eigenvalue weighted by molar-refractivity contribution is 5.85. The van der Waals surface area contributed by atoms with Crippen LogP contribution in [0.3, 0.4) is 0 Å². The van der Waals surface area contributed by atoms with Crippen LogP contribution in [0.1, 0.15) is 57.4 Å². The minimum absolute atomic E-state index is 0.0853. The summed E-state index contributed by atoms with van der Waals surface area (Å²) in [6.45, 7) is 2.15. The van der Waals surface area contributed by atoms with Gasteiger partial charge in [-0.1, -0.05) is 51.5 Å². The summed E-state index contributed by atoms with van der Waals surface area (Å²) in [6, 6.07) is 2.31. The molecule has 0 aromatic heterocycles. The first-order chi connectivity index (χ1) is 12.0. The van der Waals surface area contributed by atoms with Crippen molar-refractivity contribution in [2.75, 3.05) is 7.11 Å². The molecule has 0 aliphatic carbocycles. The Morgan fingerprint density at radius 3 is 2.44 bits per heavy atom. The minimum atomic E-state index is -0.777. The maximum atomic E-state index is 13.6. The number of nitrogens with one attached hydrogen (secondary N) is 1. The van der Waals surface area contributed by atoms with Gasteiger partial charge in [-0.3, -0.25) is 4.79 Å². The van der Waals surface area contributed by atoms with Crippen LogP contribution < -0.4 is 5.32 Å². The third kappa shape index (κ3) is 8.09. The Kier molecular flexibility index (Phi) is 9.73. The Morgan fingerprint density at radius 1 is 1.12 bits per heavy atom. The number of esters is 1. The van der Waals surface area contributed by atoms with Gasteiger partial charge in [0.05, 0.1) is 13.5 Å². The molecule has 1 rings (SSSR count). The zero-order valence-electron chi connectivity index (χ0n) is 14.9. The molecule has 0 unspecified atom stereocenters. The van der Waals surface area contributed by atoms with Gasteiger partial charge in [0.1, 0.15) is 17.7 Å². The standard InChI is InChI=1S/C19H27F2NO3/c1-3-4-5-6-7-8-9-17(19(24)25-2)22-18(23)12-14-10-11-15(20)13-16(14)21/h10-11,13,17H,3-9,12H2,1-2H3,(H,22,23)/t17-/m1/s1. The zero-order valence-corrected chi connectivity index (χ0v) is 14.9. The van der Waals surface area contributed by atoms with Crippen molar-refractivity contribution in [2.45, 2.75) is 64.3 Å². The van der Waals surface area contributed by atoms with Crippen molar-refractivity contribution in [1.29, 1.82) is 0 Å². The van der Waals surface area contributed by atoms with Crippen LogP contribution in [0.2, 0.25) is 0 Å². The van der Waals surface area contributed by atoms with Gasteiger partial charge in [0.15, 0.2) is 0 Å². The summed E-state index contributed by atoms with van der Waals surface area (Å²) < 4.78 is 31.2. The zero-order chi connectivity index (χ0) is 18.7. The second kappa shape index (κ2) is 11.6. The normalized spacial score (nSPS) is 11.8. The summed E-state index contributed by atoms with van der Waals surface area (Å²) in [6.07, 6.45) is 6.63. The fraction of sp³-hybridized carbons (Fsp3) is 0.579. The van der Waals surface area contributed by atoms with E-state index in [1.807, 2.05) is 0 Å². The molecule has 0 spiro atoms. The van der Waals surface area contributed by atoms with Gasteiger partial charge in [-0.25, -0.2) is 13.6 Å². The Balaban J connectivity index is 2.50. The average molecular weight is 355 g/mol. The lowest BCUT2D eigenvalue weighted by molar-refractivity contribution is -0.145. The number of amides is 1. The van der Waals surface area contributed by atoms with Crippen LogP contribution in [-0.2, 0) is 20.7 Å². The smallest absolute Gasteiger partial charge is 0.328 e. The van der Waals surface area contributed by atoms with Crippen molar-refractivity contribution in [3.63, 3.8) is 0 Å². The number of unbranched alkanes of at least 4 members (excludes halogenated alkanes) is 5. The van der Waals surface area contributed by atoms with Crippen molar-refractivity contribution in [1.82, 2.24) is 5.32 Å². The number of hydrogen-bond acceptors (Lipinski definition) is 3. The molecule has 0 saturated carbocycles. The van der Waals surface area contributed by atoms with Crippen LogP contribution in [0, 0.1) is 11.6 Å². The first-order valence-electron chi connectivity index (χ1n) is 8.79. The molecule has 25 heavy (non-hydrogen) atoms. The van der Waals surface area contributed by atoms with E-state index in [9.17, 15) is 18.4 Å². The maximum absolute atomic E-state index is 13.6. The number of carbonyl (C=O) groups excluding carboxylic acids is 2. The maximum Gasteiger partial charge on any atom is 0.328 e. The number of methoxy groups -OCH3 is 1. The Hall–Kier alpha value is -1.98. The highest BCUT2D eigenvalue weighted by atomic mass is 19.1. The van der Waals surface area contributed by atoms with Gasteiger partial charge in [-0.2, -0.15) is 0 Å². The summed E-state index contributed by atoms with van der Waals surface area (Å²) in [5.74, 6) is -2.48. The van der Waals surface area contributed by atoms with Crippen LogP contribution in [0.25, 0.3) is 0 Å². The molecule has 1 aromatic rings.